The standard InChI is InChI=1S/C19H14FN3O3S2/c1-12-17(28(24,25)23-15-10-6-5-9-14(15)20)11-16(27-12)19-21-18(22-26-19)13-7-3-2-4-8-13/h2-11,23H,1H3. The highest BCUT2D eigenvalue weighted by atomic mass is 32.2. The minimum absolute atomic E-state index is 0.0372. The molecule has 0 aliphatic heterocycles. The summed E-state index contributed by atoms with van der Waals surface area (Å²) in [6.45, 7) is 1.67. The smallest absolute Gasteiger partial charge is 0.268 e. The lowest BCUT2D eigenvalue weighted by Gasteiger charge is -2.08. The van der Waals surface area contributed by atoms with Crippen molar-refractivity contribution in [2.45, 2.75) is 11.8 Å². The SMILES string of the molecule is Cc1sc(-c2nc(-c3ccccc3)no2)cc1S(=O)(=O)Nc1ccccc1F. The Balaban J connectivity index is 1.66. The van der Waals surface area contributed by atoms with Crippen LogP contribution in [0, 0.1) is 12.7 Å². The topological polar surface area (TPSA) is 85.1 Å². The number of anilines is 1. The van der Waals surface area contributed by atoms with E-state index in [0.717, 1.165) is 5.56 Å². The summed E-state index contributed by atoms with van der Waals surface area (Å²) in [5.74, 6) is -0.0154. The predicted octanol–water partition coefficient (Wildman–Crippen LogP) is 4.71. The Labute approximate surface area is 164 Å². The highest BCUT2D eigenvalue weighted by molar-refractivity contribution is 7.93. The Bertz CT molecular complexity index is 1230. The number of thiophene rings is 1. The van der Waals surface area contributed by atoms with E-state index in [1.165, 1.54) is 35.6 Å². The van der Waals surface area contributed by atoms with Crippen LogP contribution in [-0.4, -0.2) is 18.6 Å². The lowest BCUT2D eigenvalue weighted by atomic mass is 10.2. The van der Waals surface area contributed by atoms with E-state index in [2.05, 4.69) is 14.9 Å². The summed E-state index contributed by atoms with van der Waals surface area (Å²) < 4.78 is 46.8. The maximum absolute atomic E-state index is 13.8. The van der Waals surface area contributed by atoms with Crippen LogP contribution >= 0.6 is 11.3 Å². The molecule has 9 heteroatoms. The van der Waals surface area contributed by atoms with Gasteiger partial charge in [0.1, 0.15) is 10.7 Å². The van der Waals surface area contributed by atoms with Gasteiger partial charge in [-0.15, -0.1) is 11.3 Å². The summed E-state index contributed by atoms with van der Waals surface area (Å²) in [6, 6.07) is 16.3. The largest absolute Gasteiger partial charge is 0.333 e. The zero-order valence-corrected chi connectivity index (χ0v) is 16.2. The molecule has 0 bridgehead atoms. The Morgan fingerprint density at radius 3 is 2.54 bits per heavy atom. The molecule has 0 spiro atoms. The van der Waals surface area contributed by atoms with Crippen molar-refractivity contribution in [1.29, 1.82) is 0 Å². The number of sulfonamides is 1. The predicted molar refractivity (Wildman–Crippen MR) is 105 cm³/mol. The minimum atomic E-state index is -3.97. The number of aryl methyl sites for hydroxylation is 1. The first-order valence-electron chi connectivity index (χ1n) is 8.21. The van der Waals surface area contributed by atoms with Gasteiger partial charge in [0.25, 0.3) is 15.9 Å². The molecule has 4 rings (SSSR count). The third kappa shape index (κ3) is 3.54. The summed E-state index contributed by atoms with van der Waals surface area (Å²) in [6.07, 6.45) is 0. The quantitative estimate of drug-likeness (QED) is 0.510. The summed E-state index contributed by atoms with van der Waals surface area (Å²) in [4.78, 5) is 5.42. The molecule has 0 radical (unpaired) electrons. The second-order valence-electron chi connectivity index (χ2n) is 5.91. The van der Waals surface area contributed by atoms with E-state index in [4.69, 9.17) is 4.52 Å². The molecule has 28 heavy (non-hydrogen) atoms. The molecule has 4 aromatic rings. The monoisotopic (exact) mass is 415 g/mol. The molecule has 0 aliphatic carbocycles. The molecule has 6 nitrogen and oxygen atoms in total. The van der Waals surface area contributed by atoms with E-state index in [-0.39, 0.29) is 16.5 Å². The molecule has 2 heterocycles. The van der Waals surface area contributed by atoms with E-state index in [9.17, 15) is 12.8 Å². The van der Waals surface area contributed by atoms with Crippen molar-refractivity contribution in [3.8, 4) is 22.2 Å². The number of nitrogens with zero attached hydrogens (tertiary/aromatic N) is 2. The zero-order valence-electron chi connectivity index (χ0n) is 14.6. The fraction of sp³-hybridized carbons (Fsp3) is 0.0526. The number of hydrogen-bond acceptors (Lipinski definition) is 6. The molecule has 0 saturated heterocycles. The Morgan fingerprint density at radius 2 is 1.79 bits per heavy atom. The number of halogens is 1. The van der Waals surface area contributed by atoms with Gasteiger partial charge in [-0.3, -0.25) is 4.72 Å². The summed E-state index contributed by atoms with van der Waals surface area (Å²) in [7, 11) is -3.97. The van der Waals surface area contributed by atoms with Crippen molar-refractivity contribution >= 4 is 27.0 Å². The summed E-state index contributed by atoms with van der Waals surface area (Å²) in [5, 5.41) is 3.95. The number of hydrogen-bond donors (Lipinski definition) is 1. The molecular formula is C19H14FN3O3S2. The highest BCUT2D eigenvalue weighted by Crippen LogP contribution is 2.34. The maximum atomic E-state index is 13.8. The third-order valence-electron chi connectivity index (χ3n) is 3.95. The normalized spacial score (nSPS) is 11.5. The second-order valence-corrected chi connectivity index (χ2v) is 8.81. The average molecular weight is 415 g/mol. The van der Waals surface area contributed by atoms with Crippen LogP contribution in [0.3, 0.4) is 0 Å². The highest BCUT2D eigenvalue weighted by Gasteiger charge is 2.23. The van der Waals surface area contributed by atoms with Gasteiger partial charge >= 0.3 is 0 Å². The van der Waals surface area contributed by atoms with E-state index in [0.29, 0.717) is 15.6 Å². The van der Waals surface area contributed by atoms with Crippen LogP contribution in [0.1, 0.15) is 4.88 Å². The van der Waals surface area contributed by atoms with Crippen LogP contribution in [0.25, 0.3) is 22.2 Å². The van der Waals surface area contributed by atoms with E-state index in [1.807, 2.05) is 30.3 Å². The molecule has 0 aliphatic rings. The lowest BCUT2D eigenvalue weighted by Crippen LogP contribution is -2.14. The fourth-order valence-corrected chi connectivity index (χ4v) is 5.19. The molecule has 0 amide bonds. The van der Waals surface area contributed by atoms with Crippen molar-refractivity contribution in [3.05, 3.63) is 71.4 Å². The van der Waals surface area contributed by atoms with Gasteiger partial charge in [-0.25, -0.2) is 12.8 Å². The summed E-state index contributed by atoms with van der Waals surface area (Å²) >= 11 is 1.21. The zero-order chi connectivity index (χ0) is 19.7. The Hall–Kier alpha value is -3.04. The van der Waals surface area contributed by atoms with Crippen LogP contribution in [0.5, 0.6) is 0 Å². The van der Waals surface area contributed by atoms with Gasteiger partial charge < -0.3 is 4.52 Å². The van der Waals surface area contributed by atoms with Gasteiger partial charge in [0, 0.05) is 10.4 Å². The number of aromatic nitrogens is 2. The third-order valence-corrected chi connectivity index (χ3v) is 6.61. The molecule has 1 N–H and O–H groups in total. The first-order valence-corrected chi connectivity index (χ1v) is 10.5. The van der Waals surface area contributed by atoms with E-state index < -0.39 is 15.8 Å². The Morgan fingerprint density at radius 1 is 1.07 bits per heavy atom. The van der Waals surface area contributed by atoms with Gasteiger partial charge in [0.05, 0.1) is 10.6 Å². The first-order chi connectivity index (χ1) is 13.4. The van der Waals surface area contributed by atoms with Crippen LogP contribution < -0.4 is 4.72 Å². The van der Waals surface area contributed by atoms with Crippen molar-refractivity contribution in [1.82, 2.24) is 10.1 Å². The number of para-hydroxylation sites is 1. The molecule has 0 fully saturated rings. The van der Waals surface area contributed by atoms with Crippen LogP contribution in [-0.2, 0) is 10.0 Å². The molecule has 142 valence electrons. The van der Waals surface area contributed by atoms with Crippen LogP contribution in [0.2, 0.25) is 0 Å². The van der Waals surface area contributed by atoms with E-state index in [1.54, 1.807) is 13.0 Å². The van der Waals surface area contributed by atoms with Gasteiger partial charge in [0.2, 0.25) is 5.82 Å². The fourth-order valence-electron chi connectivity index (χ4n) is 2.61. The van der Waals surface area contributed by atoms with Crippen molar-refractivity contribution in [3.63, 3.8) is 0 Å². The van der Waals surface area contributed by atoms with Gasteiger partial charge in [-0.05, 0) is 25.1 Å². The van der Waals surface area contributed by atoms with Crippen molar-refractivity contribution in [2.75, 3.05) is 4.72 Å². The first kappa shape index (κ1) is 18.3. The molecule has 2 aromatic heterocycles. The summed E-state index contributed by atoms with van der Waals surface area (Å²) in [5.41, 5.74) is 0.679. The van der Waals surface area contributed by atoms with Gasteiger partial charge in [0.15, 0.2) is 0 Å². The molecule has 0 atom stereocenters. The van der Waals surface area contributed by atoms with Crippen LogP contribution in [0.15, 0.2) is 70.1 Å². The van der Waals surface area contributed by atoms with Crippen molar-refractivity contribution in [2.24, 2.45) is 0 Å². The Kier molecular flexibility index (Phi) is 4.70. The molecule has 0 unspecified atom stereocenters. The number of rotatable bonds is 5. The minimum Gasteiger partial charge on any atom is -0.333 e. The number of benzene rings is 2. The number of nitrogens with one attached hydrogen (secondary N) is 1. The molecule has 0 saturated carbocycles. The molecular weight excluding hydrogens is 401 g/mol. The lowest BCUT2D eigenvalue weighted by molar-refractivity contribution is 0.433. The van der Waals surface area contributed by atoms with Gasteiger partial charge in [-0.1, -0.05) is 47.6 Å². The van der Waals surface area contributed by atoms with Gasteiger partial charge in [-0.2, -0.15) is 4.98 Å². The molecule has 2 aromatic carbocycles. The average Bonchev–Trinajstić information content (AvgIpc) is 3.31. The maximum Gasteiger partial charge on any atom is 0.268 e. The van der Waals surface area contributed by atoms with Crippen molar-refractivity contribution < 1.29 is 17.3 Å². The second kappa shape index (κ2) is 7.17. The van der Waals surface area contributed by atoms with Crippen LogP contribution in [0.4, 0.5) is 10.1 Å². The van der Waals surface area contributed by atoms with E-state index >= 15 is 0 Å².